The van der Waals surface area contributed by atoms with Gasteiger partial charge < -0.3 is 19.7 Å². The summed E-state index contributed by atoms with van der Waals surface area (Å²) in [5.41, 5.74) is 1.72. The molecule has 0 saturated heterocycles. The van der Waals surface area contributed by atoms with Gasteiger partial charge in [-0.15, -0.1) is 0 Å². The average Bonchev–Trinajstić information content (AvgIpc) is 2.70. The van der Waals surface area contributed by atoms with Crippen molar-refractivity contribution >= 4 is 23.5 Å². The first-order chi connectivity index (χ1) is 13.0. The van der Waals surface area contributed by atoms with Gasteiger partial charge >= 0.3 is 5.97 Å². The van der Waals surface area contributed by atoms with Crippen LogP contribution in [0.2, 0.25) is 0 Å². The van der Waals surface area contributed by atoms with Crippen molar-refractivity contribution in [1.82, 2.24) is 5.32 Å². The summed E-state index contributed by atoms with van der Waals surface area (Å²) < 4.78 is 10.9. The highest BCUT2D eigenvalue weighted by molar-refractivity contribution is 6.00. The molecule has 0 radical (unpaired) electrons. The fourth-order valence-corrected chi connectivity index (χ4v) is 2.85. The lowest BCUT2D eigenvalue weighted by Gasteiger charge is -2.33. The minimum atomic E-state index is -0.832. The molecule has 2 amide bonds. The van der Waals surface area contributed by atoms with Crippen LogP contribution in [-0.4, -0.2) is 44.1 Å². The van der Waals surface area contributed by atoms with E-state index in [9.17, 15) is 14.4 Å². The summed E-state index contributed by atoms with van der Waals surface area (Å²) in [6, 6.07) is 13.9. The van der Waals surface area contributed by atoms with Crippen LogP contribution in [0.15, 0.2) is 48.5 Å². The number of aryl methyl sites for hydroxylation is 1. The molecule has 140 valence electrons. The Morgan fingerprint density at radius 2 is 1.85 bits per heavy atom. The third-order valence-corrected chi connectivity index (χ3v) is 4.31. The Morgan fingerprint density at radius 3 is 2.59 bits per heavy atom. The number of para-hydroxylation sites is 2. The van der Waals surface area contributed by atoms with Gasteiger partial charge in [0.2, 0.25) is 0 Å². The van der Waals surface area contributed by atoms with Crippen LogP contribution in [0.4, 0.5) is 5.69 Å². The number of esters is 1. The van der Waals surface area contributed by atoms with Crippen LogP contribution in [0.5, 0.6) is 5.75 Å². The molecule has 3 rings (SSSR count). The number of amides is 2. The van der Waals surface area contributed by atoms with E-state index in [1.54, 1.807) is 49.4 Å². The highest BCUT2D eigenvalue weighted by Crippen LogP contribution is 2.33. The number of hydrogen-bond donors (Lipinski definition) is 1. The molecular weight excluding hydrogens is 348 g/mol. The number of carbonyl (C=O) groups is 3. The molecule has 0 saturated carbocycles. The predicted octanol–water partition coefficient (Wildman–Crippen LogP) is 1.69. The summed E-state index contributed by atoms with van der Waals surface area (Å²) in [4.78, 5) is 38.3. The average molecular weight is 368 g/mol. The molecule has 1 unspecified atom stereocenters. The Labute approximate surface area is 156 Å². The maximum atomic E-state index is 12.7. The molecule has 0 aromatic heterocycles. The number of likely N-dealkylation sites (N-methyl/N-ethyl adjacent to an activating group) is 1. The van der Waals surface area contributed by atoms with E-state index in [1.165, 1.54) is 11.9 Å². The van der Waals surface area contributed by atoms with E-state index in [1.807, 2.05) is 6.07 Å². The molecule has 2 aromatic rings. The zero-order chi connectivity index (χ0) is 19.4. The molecular formula is C20H20N2O5. The normalized spacial score (nSPS) is 15.3. The molecule has 0 spiro atoms. The minimum absolute atomic E-state index is 0.0391. The summed E-state index contributed by atoms with van der Waals surface area (Å²) >= 11 is 0. The summed E-state index contributed by atoms with van der Waals surface area (Å²) in [5.74, 6) is -0.900. The van der Waals surface area contributed by atoms with Crippen molar-refractivity contribution in [2.24, 2.45) is 0 Å². The molecule has 27 heavy (non-hydrogen) atoms. The van der Waals surface area contributed by atoms with Gasteiger partial charge in [0.15, 0.2) is 12.7 Å². The monoisotopic (exact) mass is 368 g/mol. The van der Waals surface area contributed by atoms with Gasteiger partial charge in [-0.05, 0) is 30.7 Å². The fraction of sp³-hybridized carbons (Fsp3) is 0.250. The maximum absolute atomic E-state index is 12.7. The van der Waals surface area contributed by atoms with E-state index >= 15 is 0 Å². The van der Waals surface area contributed by atoms with Crippen molar-refractivity contribution in [3.8, 4) is 5.75 Å². The third-order valence-electron chi connectivity index (χ3n) is 4.31. The van der Waals surface area contributed by atoms with Crippen molar-refractivity contribution in [2.45, 2.75) is 13.0 Å². The number of nitrogens with one attached hydrogen (secondary N) is 1. The molecule has 0 bridgehead atoms. The number of nitrogens with zero attached hydrogens (tertiary/aromatic N) is 1. The van der Waals surface area contributed by atoms with Gasteiger partial charge in [0.25, 0.3) is 11.8 Å². The topological polar surface area (TPSA) is 84.9 Å². The fourth-order valence-electron chi connectivity index (χ4n) is 2.85. The second-order valence-electron chi connectivity index (χ2n) is 6.08. The Balaban J connectivity index is 1.74. The lowest BCUT2D eigenvalue weighted by Crippen LogP contribution is -2.51. The summed E-state index contributed by atoms with van der Waals surface area (Å²) in [7, 11) is 1.50. The SMILES string of the molecule is CNC(=O)C1CN(C(=O)COC(=O)c2ccccc2C)c2ccccc2O1. The van der Waals surface area contributed by atoms with E-state index in [-0.39, 0.29) is 12.5 Å². The van der Waals surface area contributed by atoms with Crippen molar-refractivity contribution in [2.75, 3.05) is 25.1 Å². The first kappa shape index (κ1) is 18.4. The predicted molar refractivity (Wildman–Crippen MR) is 98.7 cm³/mol. The van der Waals surface area contributed by atoms with Gasteiger partial charge in [-0.2, -0.15) is 0 Å². The van der Waals surface area contributed by atoms with Crippen molar-refractivity contribution in [1.29, 1.82) is 0 Å². The summed E-state index contributed by atoms with van der Waals surface area (Å²) in [6.45, 7) is 1.41. The van der Waals surface area contributed by atoms with Crippen LogP contribution in [0.1, 0.15) is 15.9 Å². The molecule has 2 aromatic carbocycles. The lowest BCUT2D eigenvalue weighted by atomic mass is 10.1. The number of ether oxygens (including phenoxy) is 2. The van der Waals surface area contributed by atoms with Gasteiger partial charge in [0.05, 0.1) is 17.8 Å². The van der Waals surface area contributed by atoms with Gasteiger partial charge in [-0.3, -0.25) is 9.59 Å². The Kier molecular flexibility index (Phi) is 5.40. The standard InChI is InChI=1S/C20H20N2O5/c1-13-7-3-4-8-14(13)20(25)26-12-18(23)22-11-17(19(24)21-2)27-16-10-6-5-9-15(16)22/h3-10,17H,11-12H2,1-2H3,(H,21,24). The number of benzene rings is 2. The lowest BCUT2D eigenvalue weighted by molar-refractivity contribution is -0.128. The number of fused-ring (bicyclic) bond motifs is 1. The van der Waals surface area contributed by atoms with Crippen molar-refractivity contribution in [3.63, 3.8) is 0 Å². The zero-order valence-corrected chi connectivity index (χ0v) is 15.1. The largest absolute Gasteiger partial charge is 0.477 e. The molecule has 1 N–H and O–H groups in total. The van der Waals surface area contributed by atoms with Crippen LogP contribution < -0.4 is 15.0 Å². The Bertz CT molecular complexity index is 880. The summed E-state index contributed by atoms with van der Waals surface area (Å²) in [5, 5.41) is 2.52. The zero-order valence-electron chi connectivity index (χ0n) is 15.1. The number of hydrogen-bond acceptors (Lipinski definition) is 5. The van der Waals surface area contributed by atoms with Gasteiger partial charge in [-0.25, -0.2) is 4.79 Å². The van der Waals surface area contributed by atoms with Gasteiger partial charge in [0.1, 0.15) is 5.75 Å². The van der Waals surface area contributed by atoms with E-state index in [0.717, 1.165) is 5.56 Å². The highest BCUT2D eigenvalue weighted by Gasteiger charge is 2.33. The summed E-state index contributed by atoms with van der Waals surface area (Å²) in [6.07, 6.45) is -0.832. The smallest absolute Gasteiger partial charge is 0.338 e. The molecule has 1 aliphatic rings. The van der Waals surface area contributed by atoms with Gasteiger partial charge in [0, 0.05) is 7.05 Å². The van der Waals surface area contributed by atoms with Crippen LogP contribution in [-0.2, 0) is 14.3 Å². The van der Waals surface area contributed by atoms with Crippen LogP contribution in [0.25, 0.3) is 0 Å². The number of carbonyl (C=O) groups excluding carboxylic acids is 3. The quantitative estimate of drug-likeness (QED) is 0.830. The van der Waals surface area contributed by atoms with E-state index in [2.05, 4.69) is 5.32 Å². The molecule has 1 aliphatic heterocycles. The van der Waals surface area contributed by atoms with Crippen LogP contribution in [0, 0.1) is 6.92 Å². The number of anilines is 1. The molecule has 0 fully saturated rings. The molecule has 0 aliphatic carbocycles. The third kappa shape index (κ3) is 3.92. The first-order valence-corrected chi connectivity index (χ1v) is 8.51. The van der Waals surface area contributed by atoms with Crippen molar-refractivity contribution in [3.05, 3.63) is 59.7 Å². The van der Waals surface area contributed by atoms with Gasteiger partial charge in [-0.1, -0.05) is 30.3 Å². The second kappa shape index (κ2) is 7.90. The Morgan fingerprint density at radius 1 is 1.15 bits per heavy atom. The molecule has 7 heteroatoms. The van der Waals surface area contributed by atoms with E-state index in [4.69, 9.17) is 9.47 Å². The first-order valence-electron chi connectivity index (χ1n) is 8.51. The highest BCUT2D eigenvalue weighted by atomic mass is 16.5. The van der Waals surface area contributed by atoms with Crippen LogP contribution in [0.3, 0.4) is 0 Å². The number of rotatable bonds is 4. The van der Waals surface area contributed by atoms with E-state index < -0.39 is 24.6 Å². The molecule has 7 nitrogen and oxygen atoms in total. The Hall–Kier alpha value is -3.35. The van der Waals surface area contributed by atoms with E-state index in [0.29, 0.717) is 17.0 Å². The maximum Gasteiger partial charge on any atom is 0.338 e. The molecule has 1 heterocycles. The van der Waals surface area contributed by atoms with Crippen molar-refractivity contribution < 1.29 is 23.9 Å². The molecule has 1 atom stereocenters. The minimum Gasteiger partial charge on any atom is -0.477 e. The van der Waals surface area contributed by atoms with Crippen LogP contribution >= 0.6 is 0 Å². The second-order valence-corrected chi connectivity index (χ2v) is 6.08.